The van der Waals surface area contributed by atoms with Gasteiger partial charge in [0.2, 0.25) is 5.88 Å². The highest BCUT2D eigenvalue weighted by atomic mass is 32.1. The van der Waals surface area contributed by atoms with E-state index in [1.165, 1.54) is 17.3 Å². The summed E-state index contributed by atoms with van der Waals surface area (Å²) in [4.78, 5) is 33.8. The SMILES string of the molecule is Cc1nsc(Nc2cc(C#N)ccn2)c1C(=O)Nc1ccc(OC2CCN(C(=O)O)CC2)nc1. The van der Waals surface area contributed by atoms with Gasteiger partial charge in [0.1, 0.15) is 16.9 Å². The number of nitrogens with zero attached hydrogens (tertiary/aromatic N) is 5. The van der Waals surface area contributed by atoms with Crippen LogP contribution in [-0.2, 0) is 0 Å². The van der Waals surface area contributed by atoms with Crippen molar-refractivity contribution in [3.05, 3.63) is 53.5 Å². The molecule has 1 saturated heterocycles. The Kier molecular flexibility index (Phi) is 6.84. The second-order valence-electron chi connectivity index (χ2n) is 7.56. The molecule has 0 spiro atoms. The monoisotopic (exact) mass is 479 g/mol. The van der Waals surface area contributed by atoms with E-state index in [-0.39, 0.29) is 12.0 Å². The van der Waals surface area contributed by atoms with Gasteiger partial charge >= 0.3 is 6.09 Å². The number of amides is 2. The van der Waals surface area contributed by atoms with Crippen molar-refractivity contribution in [2.24, 2.45) is 0 Å². The number of hydrogen-bond donors (Lipinski definition) is 3. The molecular formula is C22H21N7O4S. The molecule has 0 aromatic carbocycles. The zero-order valence-corrected chi connectivity index (χ0v) is 19.0. The Hall–Kier alpha value is -4.24. The van der Waals surface area contributed by atoms with Crippen LogP contribution >= 0.6 is 11.5 Å². The van der Waals surface area contributed by atoms with Crippen molar-refractivity contribution in [2.45, 2.75) is 25.9 Å². The summed E-state index contributed by atoms with van der Waals surface area (Å²) in [5.41, 5.74) is 1.87. The van der Waals surface area contributed by atoms with Crippen LogP contribution < -0.4 is 15.4 Å². The van der Waals surface area contributed by atoms with Crippen molar-refractivity contribution >= 4 is 40.0 Å². The number of anilines is 3. The fourth-order valence-corrected chi connectivity index (χ4v) is 4.26. The zero-order chi connectivity index (χ0) is 24.1. The van der Waals surface area contributed by atoms with E-state index in [0.717, 1.165) is 11.5 Å². The molecule has 4 rings (SSSR count). The Labute approximate surface area is 199 Å². The number of aryl methyl sites for hydroxylation is 1. The third kappa shape index (κ3) is 5.38. The molecule has 174 valence electrons. The minimum Gasteiger partial charge on any atom is -0.474 e. The maximum Gasteiger partial charge on any atom is 0.407 e. The minimum atomic E-state index is -0.918. The van der Waals surface area contributed by atoms with Crippen LogP contribution in [0.3, 0.4) is 0 Å². The van der Waals surface area contributed by atoms with Crippen LogP contribution in [0.15, 0.2) is 36.7 Å². The molecule has 0 saturated carbocycles. The van der Waals surface area contributed by atoms with Gasteiger partial charge in [0.05, 0.1) is 34.8 Å². The van der Waals surface area contributed by atoms with E-state index in [9.17, 15) is 9.59 Å². The third-order valence-corrected chi connectivity index (χ3v) is 6.07. The fourth-order valence-electron chi connectivity index (χ4n) is 3.46. The molecule has 34 heavy (non-hydrogen) atoms. The highest BCUT2D eigenvalue weighted by molar-refractivity contribution is 7.10. The van der Waals surface area contributed by atoms with E-state index >= 15 is 0 Å². The normalized spacial score (nSPS) is 13.7. The molecule has 12 heteroatoms. The van der Waals surface area contributed by atoms with Crippen molar-refractivity contribution in [1.82, 2.24) is 19.2 Å². The minimum absolute atomic E-state index is 0.107. The molecule has 0 radical (unpaired) electrons. The summed E-state index contributed by atoms with van der Waals surface area (Å²) >= 11 is 1.13. The second-order valence-corrected chi connectivity index (χ2v) is 8.34. The van der Waals surface area contributed by atoms with E-state index < -0.39 is 6.09 Å². The quantitative estimate of drug-likeness (QED) is 0.481. The Morgan fingerprint density at radius 2 is 2.06 bits per heavy atom. The molecule has 3 aromatic heterocycles. The first-order chi connectivity index (χ1) is 16.4. The van der Waals surface area contributed by atoms with Gasteiger partial charge in [-0.1, -0.05) is 0 Å². The maximum absolute atomic E-state index is 12.9. The molecule has 0 atom stereocenters. The van der Waals surface area contributed by atoms with Crippen molar-refractivity contribution in [3.8, 4) is 11.9 Å². The lowest BCUT2D eigenvalue weighted by Crippen LogP contribution is -2.41. The number of likely N-dealkylation sites (tertiary alicyclic amines) is 1. The summed E-state index contributed by atoms with van der Waals surface area (Å²) < 4.78 is 10.1. The first-order valence-corrected chi connectivity index (χ1v) is 11.2. The van der Waals surface area contributed by atoms with Gasteiger partial charge in [0, 0.05) is 38.2 Å². The predicted octanol–water partition coefficient (Wildman–Crippen LogP) is 3.63. The highest BCUT2D eigenvalue weighted by Crippen LogP contribution is 2.28. The van der Waals surface area contributed by atoms with Crippen LogP contribution in [0.5, 0.6) is 5.88 Å². The highest BCUT2D eigenvalue weighted by Gasteiger charge is 2.24. The van der Waals surface area contributed by atoms with Crippen LogP contribution in [0.4, 0.5) is 21.3 Å². The van der Waals surface area contributed by atoms with Gasteiger partial charge in [-0.25, -0.2) is 14.8 Å². The Bertz CT molecular complexity index is 1230. The first kappa shape index (κ1) is 22.9. The summed E-state index contributed by atoms with van der Waals surface area (Å²) in [5.74, 6) is 0.488. The molecule has 0 aliphatic carbocycles. The first-order valence-electron chi connectivity index (χ1n) is 10.4. The number of aromatic nitrogens is 3. The summed E-state index contributed by atoms with van der Waals surface area (Å²) in [6.07, 6.45) is 3.18. The van der Waals surface area contributed by atoms with Crippen LogP contribution in [0.1, 0.15) is 34.5 Å². The summed E-state index contributed by atoms with van der Waals surface area (Å²) in [6, 6.07) is 8.58. The molecule has 1 fully saturated rings. The molecule has 3 aromatic rings. The van der Waals surface area contributed by atoms with Crippen LogP contribution in [0.25, 0.3) is 0 Å². The number of ether oxygens (including phenoxy) is 1. The van der Waals surface area contributed by atoms with Crippen molar-refractivity contribution < 1.29 is 19.4 Å². The van der Waals surface area contributed by atoms with Crippen LogP contribution in [0, 0.1) is 18.3 Å². The number of pyridine rings is 2. The van der Waals surface area contributed by atoms with Gasteiger partial charge in [-0.3, -0.25) is 4.79 Å². The fraction of sp³-hybridized carbons (Fsp3) is 0.273. The van der Waals surface area contributed by atoms with Crippen molar-refractivity contribution in [2.75, 3.05) is 23.7 Å². The summed E-state index contributed by atoms with van der Waals surface area (Å²) in [5, 5.41) is 24.5. The lowest BCUT2D eigenvalue weighted by atomic mass is 10.1. The van der Waals surface area contributed by atoms with Gasteiger partial charge < -0.3 is 25.4 Å². The third-order valence-electron chi connectivity index (χ3n) is 5.21. The molecule has 11 nitrogen and oxygen atoms in total. The Morgan fingerprint density at radius 1 is 1.26 bits per heavy atom. The molecular weight excluding hydrogens is 458 g/mol. The Balaban J connectivity index is 1.38. The van der Waals surface area contributed by atoms with E-state index in [1.807, 2.05) is 0 Å². The second kappa shape index (κ2) is 10.1. The molecule has 1 aliphatic heterocycles. The van der Waals surface area contributed by atoms with Crippen LogP contribution in [-0.4, -0.2) is 55.5 Å². The predicted molar refractivity (Wildman–Crippen MR) is 125 cm³/mol. The number of hydrogen-bond acceptors (Lipinski definition) is 9. The number of piperidine rings is 1. The number of carbonyl (C=O) groups is 2. The van der Waals surface area contributed by atoms with Crippen molar-refractivity contribution in [1.29, 1.82) is 5.26 Å². The number of nitrogens with one attached hydrogen (secondary N) is 2. The number of carbonyl (C=O) groups excluding carboxylic acids is 1. The van der Waals surface area contributed by atoms with E-state index in [1.54, 1.807) is 31.2 Å². The maximum atomic E-state index is 12.9. The average molecular weight is 480 g/mol. The summed E-state index contributed by atoms with van der Waals surface area (Å²) in [7, 11) is 0. The van der Waals surface area contributed by atoms with Crippen LogP contribution in [0.2, 0.25) is 0 Å². The lowest BCUT2D eigenvalue weighted by Gasteiger charge is -2.29. The zero-order valence-electron chi connectivity index (χ0n) is 18.2. The Morgan fingerprint density at radius 3 is 2.74 bits per heavy atom. The topological polar surface area (TPSA) is 153 Å². The molecule has 3 N–H and O–H groups in total. The lowest BCUT2D eigenvalue weighted by molar-refractivity contribution is 0.0870. The van der Waals surface area contributed by atoms with E-state index in [4.69, 9.17) is 15.1 Å². The van der Waals surface area contributed by atoms with E-state index in [2.05, 4.69) is 31.0 Å². The number of carboxylic acid groups (broad SMARTS) is 1. The largest absolute Gasteiger partial charge is 0.474 e. The summed E-state index contributed by atoms with van der Waals surface area (Å²) in [6.45, 7) is 2.59. The molecule has 1 aliphatic rings. The number of nitriles is 1. The molecule has 2 amide bonds. The molecule has 0 unspecified atom stereocenters. The molecule has 4 heterocycles. The van der Waals surface area contributed by atoms with Gasteiger partial charge in [-0.2, -0.15) is 9.64 Å². The van der Waals surface area contributed by atoms with Crippen molar-refractivity contribution in [3.63, 3.8) is 0 Å². The molecule has 0 bridgehead atoms. The van der Waals surface area contributed by atoms with Gasteiger partial charge in [-0.05, 0) is 36.7 Å². The smallest absolute Gasteiger partial charge is 0.407 e. The van der Waals surface area contributed by atoms with Gasteiger partial charge in [-0.15, -0.1) is 0 Å². The van der Waals surface area contributed by atoms with E-state index in [0.29, 0.717) is 65.1 Å². The van der Waals surface area contributed by atoms with Gasteiger partial charge in [0.15, 0.2) is 0 Å². The average Bonchev–Trinajstić information content (AvgIpc) is 3.20. The van der Waals surface area contributed by atoms with Gasteiger partial charge in [0.25, 0.3) is 5.91 Å². The standard InChI is InChI=1S/C22H21N7O4S/c1-13-19(21(34-28-13)27-17-10-14(11-23)4-7-24-17)20(30)26-15-2-3-18(25-12-15)33-16-5-8-29(9-6-16)22(31)32/h2-4,7,10,12,16H,5-6,8-9H2,1H3,(H,24,27)(H,26,30)(H,31,32). The number of rotatable bonds is 6.